The first-order valence-corrected chi connectivity index (χ1v) is 4.95. The molecule has 0 spiro atoms. The summed E-state index contributed by atoms with van der Waals surface area (Å²) in [5.41, 5.74) is 11.8. The third-order valence-electron chi connectivity index (χ3n) is 2.22. The quantitative estimate of drug-likeness (QED) is 0.710. The number of methoxy groups -OCH3 is 1. The van der Waals surface area contributed by atoms with Gasteiger partial charge in [-0.3, -0.25) is 0 Å². The predicted octanol–water partition coefficient (Wildman–Crippen LogP) is 0.668. The predicted molar refractivity (Wildman–Crippen MR) is 60.0 cm³/mol. The fraction of sp³-hybridized carbons (Fsp3) is 0.400. The molecule has 5 N–H and O–H groups in total. The van der Waals surface area contributed by atoms with Gasteiger partial charge in [-0.1, -0.05) is 17.7 Å². The van der Waals surface area contributed by atoms with Gasteiger partial charge in [0.1, 0.15) is 5.75 Å². The van der Waals surface area contributed by atoms with Crippen molar-refractivity contribution in [2.45, 2.75) is 12.1 Å². The van der Waals surface area contributed by atoms with Gasteiger partial charge in [0.15, 0.2) is 0 Å². The Morgan fingerprint density at radius 3 is 2.67 bits per heavy atom. The van der Waals surface area contributed by atoms with Crippen molar-refractivity contribution in [2.24, 2.45) is 11.5 Å². The lowest BCUT2D eigenvalue weighted by molar-refractivity contribution is 0.153. The number of nitrogens with two attached hydrogens (primary N) is 2. The number of aliphatic hydroxyl groups excluding tert-OH is 1. The second-order valence-corrected chi connectivity index (χ2v) is 3.63. The highest BCUT2D eigenvalue weighted by molar-refractivity contribution is 6.32. The maximum absolute atomic E-state index is 9.47. The minimum Gasteiger partial charge on any atom is -0.495 e. The maximum atomic E-state index is 9.47. The molecule has 0 fully saturated rings. The highest BCUT2D eigenvalue weighted by Crippen LogP contribution is 2.27. The van der Waals surface area contributed by atoms with Gasteiger partial charge in [0.2, 0.25) is 0 Å². The highest BCUT2D eigenvalue weighted by Gasteiger charge is 2.16. The molecule has 0 amide bonds. The van der Waals surface area contributed by atoms with Gasteiger partial charge < -0.3 is 21.3 Å². The molecule has 1 aromatic carbocycles. The molecule has 0 aliphatic heterocycles. The van der Waals surface area contributed by atoms with Crippen LogP contribution in [0.5, 0.6) is 5.75 Å². The van der Waals surface area contributed by atoms with Crippen molar-refractivity contribution in [3.8, 4) is 5.75 Å². The molecular formula is C10H15ClN2O2. The average molecular weight is 231 g/mol. The number of benzene rings is 1. The van der Waals surface area contributed by atoms with Crippen LogP contribution in [0.4, 0.5) is 0 Å². The molecule has 0 aliphatic carbocycles. The molecule has 0 saturated heterocycles. The fourth-order valence-electron chi connectivity index (χ4n) is 1.26. The molecule has 4 nitrogen and oxygen atoms in total. The van der Waals surface area contributed by atoms with Gasteiger partial charge in [0, 0.05) is 6.54 Å². The first kappa shape index (κ1) is 12.3. The van der Waals surface area contributed by atoms with Crippen molar-refractivity contribution >= 4 is 11.6 Å². The number of aliphatic hydroxyl groups is 1. The van der Waals surface area contributed by atoms with Crippen LogP contribution in [0.3, 0.4) is 0 Å². The van der Waals surface area contributed by atoms with E-state index < -0.39 is 12.1 Å². The zero-order chi connectivity index (χ0) is 11.4. The van der Waals surface area contributed by atoms with Crippen LogP contribution in [0, 0.1) is 0 Å². The van der Waals surface area contributed by atoms with Gasteiger partial charge in [0.25, 0.3) is 0 Å². The summed E-state index contributed by atoms with van der Waals surface area (Å²) in [5.74, 6) is 0.579. The first-order valence-electron chi connectivity index (χ1n) is 4.57. The highest BCUT2D eigenvalue weighted by atomic mass is 35.5. The van der Waals surface area contributed by atoms with Gasteiger partial charge in [-0.25, -0.2) is 0 Å². The normalized spacial score (nSPS) is 14.7. The SMILES string of the molecule is COc1ccc(C(N)C(O)CN)cc1Cl. The Balaban J connectivity index is 2.92. The average Bonchev–Trinajstić information content (AvgIpc) is 2.26. The third-order valence-corrected chi connectivity index (χ3v) is 2.51. The molecule has 0 heterocycles. The van der Waals surface area contributed by atoms with Gasteiger partial charge in [-0.15, -0.1) is 0 Å². The van der Waals surface area contributed by atoms with Crippen LogP contribution in [0.1, 0.15) is 11.6 Å². The van der Waals surface area contributed by atoms with Crippen LogP contribution >= 0.6 is 11.6 Å². The Bertz CT molecular complexity index is 333. The van der Waals surface area contributed by atoms with E-state index in [2.05, 4.69) is 0 Å². The van der Waals surface area contributed by atoms with Crippen molar-refractivity contribution < 1.29 is 9.84 Å². The van der Waals surface area contributed by atoms with E-state index in [1.165, 1.54) is 7.11 Å². The van der Waals surface area contributed by atoms with E-state index in [0.29, 0.717) is 10.8 Å². The number of hydrogen-bond acceptors (Lipinski definition) is 4. The molecule has 0 bridgehead atoms. The molecule has 0 saturated carbocycles. The zero-order valence-corrected chi connectivity index (χ0v) is 9.24. The van der Waals surface area contributed by atoms with Gasteiger partial charge in [-0.2, -0.15) is 0 Å². The molecule has 2 atom stereocenters. The monoisotopic (exact) mass is 230 g/mol. The van der Waals surface area contributed by atoms with E-state index in [0.717, 1.165) is 5.56 Å². The Labute approximate surface area is 93.8 Å². The molecular weight excluding hydrogens is 216 g/mol. The molecule has 15 heavy (non-hydrogen) atoms. The topological polar surface area (TPSA) is 81.5 Å². The summed E-state index contributed by atoms with van der Waals surface area (Å²) in [6.07, 6.45) is -0.769. The van der Waals surface area contributed by atoms with Gasteiger partial charge in [-0.05, 0) is 17.7 Å². The molecule has 84 valence electrons. The summed E-state index contributed by atoms with van der Waals surface area (Å²) < 4.78 is 5.01. The molecule has 0 aliphatic rings. The number of halogens is 1. The first-order chi connectivity index (χ1) is 7.10. The van der Waals surface area contributed by atoms with Crippen molar-refractivity contribution in [2.75, 3.05) is 13.7 Å². The van der Waals surface area contributed by atoms with Crippen LogP contribution < -0.4 is 16.2 Å². The molecule has 1 rings (SSSR count). The zero-order valence-electron chi connectivity index (χ0n) is 8.48. The van der Waals surface area contributed by atoms with E-state index in [1.54, 1.807) is 18.2 Å². The summed E-state index contributed by atoms with van der Waals surface area (Å²) >= 11 is 5.93. The Kier molecular flexibility index (Phi) is 4.35. The van der Waals surface area contributed by atoms with Gasteiger partial charge >= 0.3 is 0 Å². The number of ether oxygens (including phenoxy) is 1. The van der Waals surface area contributed by atoms with Crippen LogP contribution in [-0.2, 0) is 0 Å². The lowest BCUT2D eigenvalue weighted by Gasteiger charge is -2.18. The largest absolute Gasteiger partial charge is 0.495 e. The molecule has 2 unspecified atom stereocenters. The fourth-order valence-corrected chi connectivity index (χ4v) is 1.52. The van der Waals surface area contributed by atoms with E-state index in [-0.39, 0.29) is 6.54 Å². The minimum atomic E-state index is -0.769. The van der Waals surface area contributed by atoms with Crippen LogP contribution in [0.15, 0.2) is 18.2 Å². The van der Waals surface area contributed by atoms with Crippen molar-refractivity contribution in [3.05, 3.63) is 28.8 Å². The summed E-state index contributed by atoms with van der Waals surface area (Å²) in [6, 6.07) is 4.61. The summed E-state index contributed by atoms with van der Waals surface area (Å²) in [6.45, 7) is 0.116. The lowest BCUT2D eigenvalue weighted by atomic mass is 10.0. The molecule has 5 heteroatoms. The molecule has 0 radical (unpaired) electrons. The standard InChI is InChI=1S/C10H15ClN2O2/c1-15-9-3-2-6(4-7(9)11)10(13)8(14)5-12/h2-4,8,10,14H,5,12-13H2,1H3. The van der Waals surface area contributed by atoms with E-state index in [9.17, 15) is 5.11 Å². The minimum absolute atomic E-state index is 0.116. The lowest BCUT2D eigenvalue weighted by Crippen LogP contribution is -2.32. The summed E-state index contributed by atoms with van der Waals surface area (Å²) in [4.78, 5) is 0. The second-order valence-electron chi connectivity index (χ2n) is 3.22. The van der Waals surface area contributed by atoms with Crippen LogP contribution in [0.2, 0.25) is 5.02 Å². The maximum Gasteiger partial charge on any atom is 0.137 e. The Hall–Kier alpha value is -0.810. The van der Waals surface area contributed by atoms with Crippen LogP contribution in [-0.4, -0.2) is 24.9 Å². The van der Waals surface area contributed by atoms with Crippen molar-refractivity contribution in [3.63, 3.8) is 0 Å². The summed E-state index contributed by atoms with van der Waals surface area (Å²) in [5, 5.41) is 9.94. The Morgan fingerprint density at radius 2 is 2.20 bits per heavy atom. The number of hydrogen-bond donors (Lipinski definition) is 3. The van der Waals surface area contributed by atoms with Crippen LogP contribution in [0.25, 0.3) is 0 Å². The molecule has 0 aromatic heterocycles. The second kappa shape index (κ2) is 5.32. The van der Waals surface area contributed by atoms with Crippen molar-refractivity contribution in [1.82, 2.24) is 0 Å². The summed E-state index contributed by atoms with van der Waals surface area (Å²) in [7, 11) is 1.54. The third kappa shape index (κ3) is 2.82. The van der Waals surface area contributed by atoms with Crippen molar-refractivity contribution in [1.29, 1.82) is 0 Å². The van der Waals surface area contributed by atoms with Gasteiger partial charge in [0.05, 0.1) is 24.3 Å². The number of rotatable bonds is 4. The van der Waals surface area contributed by atoms with E-state index in [4.69, 9.17) is 27.8 Å². The Morgan fingerprint density at radius 1 is 1.53 bits per heavy atom. The smallest absolute Gasteiger partial charge is 0.137 e. The van der Waals surface area contributed by atoms with E-state index in [1.807, 2.05) is 0 Å². The van der Waals surface area contributed by atoms with E-state index >= 15 is 0 Å². The molecule has 1 aromatic rings.